The smallest absolute Gasteiger partial charge is 0.255 e. The van der Waals surface area contributed by atoms with Crippen LogP contribution in [-0.2, 0) is 27.1 Å². The van der Waals surface area contributed by atoms with Crippen LogP contribution in [0.3, 0.4) is 0 Å². The van der Waals surface area contributed by atoms with E-state index in [9.17, 15) is 18.9 Å². The summed E-state index contributed by atoms with van der Waals surface area (Å²) in [7, 11) is 1.35. The summed E-state index contributed by atoms with van der Waals surface area (Å²) in [6.07, 6.45) is 9.42. The molecule has 4 heterocycles. The van der Waals surface area contributed by atoms with Crippen LogP contribution in [0.5, 0.6) is 5.75 Å². The maximum atomic E-state index is 13.2. The van der Waals surface area contributed by atoms with Crippen molar-refractivity contribution in [2.24, 2.45) is 5.41 Å². The third-order valence-electron chi connectivity index (χ3n) is 13.3. The Hall–Kier alpha value is -5.41. The average Bonchev–Trinajstić information content (AvgIpc) is 3.59. The number of aromatic nitrogens is 2. The molecule has 13 nitrogen and oxygen atoms in total. The van der Waals surface area contributed by atoms with Crippen LogP contribution in [0.1, 0.15) is 85.3 Å². The number of carbonyl (C=O) groups is 3. The van der Waals surface area contributed by atoms with E-state index >= 15 is 0 Å². The van der Waals surface area contributed by atoms with Crippen molar-refractivity contribution >= 4 is 70.6 Å². The molecule has 8 rings (SSSR count). The van der Waals surface area contributed by atoms with E-state index in [0.29, 0.717) is 58.2 Å². The number of anilines is 5. The lowest BCUT2D eigenvalue weighted by atomic mass is 9.60. The number of piperidine rings is 2. The van der Waals surface area contributed by atoms with E-state index in [-0.39, 0.29) is 18.2 Å². The monoisotopic (exact) mass is 890 g/mol. The molecule has 4 aliphatic rings. The molecule has 63 heavy (non-hydrogen) atoms. The van der Waals surface area contributed by atoms with Crippen LogP contribution in [0.25, 0.3) is 0 Å². The number of carbonyl (C=O) groups excluding carboxylic acids is 3. The standard InChI is InChI=1S/C48H56ClN8O5P/c1-6-31-25-38(52-47-50-29-36(49)44(54-47)51-37-16-9-10-17-42(37)63(4,5)61)41(62-3)26-40(31)56-23-20-48(21-24-56)27-33(28-48)55(2)22-11-7-8-13-32-14-12-15-34-35(32)30-57(46(34)60)39-18-19-43(58)53-45(39)59/h9-10,12,14-17,25-26,29,33,39H,6-7,11,18-24,27-28,30H2,1-5H3,(H,53,58,59)(H2,50,51,52,54). The Morgan fingerprint density at radius 1 is 1.05 bits per heavy atom. The van der Waals surface area contributed by atoms with Crippen molar-refractivity contribution in [3.63, 3.8) is 0 Å². The molecule has 4 aromatic rings. The minimum absolute atomic E-state index is 0.177. The fourth-order valence-corrected chi connectivity index (χ4v) is 10.9. The van der Waals surface area contributed by atoms with Crippen LogP contribution in [0.2, 0.25) is 5.02 Å². The van der Waals surface area contributed by atoms with Gasteiger partial charge >= 0.3 is 0 Å². The third kappa shape index (κ3) is 9.45. The van der Waals surface area contributed by atoms with Crippen molar-refractivity contribution < 1.29 is 23.7 Å². The summed E-state index contributed by atoms with van der Waals surface area (Å²) >= 11 is 6.53. The van der Waals surface area contributed by atoms with Gasteiger partial charge in [-0.05, 0) is 119 Å². The Morgan fingerprint density at radius 2 is 1.83 bits per heavy atom. The van der Waals surface area contributed by atoms with Crippen LogP contribution in [0.15, 0.2) is 60.8 Å². The third-order valence-corrected chi connectivity index (χ3v) is 15.1. The first-order valence-electron chi connectivity index (χ1n) is 21.9. The highest BCUT2D eigenvalue weighted by Gasteiger charge is 2.47. The number of imide groups is 1. The van der Waals surface area contributed by atoms with Gasteiger partial charge in [-0.2, -0.15) is 4.98 Å². The summed E-state index contributed by atoms with van der Waals surface area (Å²) in [4.78, 5) is 53.1. The molecule has 15 heteroatoms. The number of hydrogen-bond acceptors (Lipinski definition) is 11. The number of hydrogen-bond donors (Lipinski definition) is 3. The first-order chi connectivity index (χ1) is 30.3. The van der Waals surface area contributed by atoms with Gasteiger partial charge in [-0.15, -0.1) is 0 Å². The van der Waals surface area contributed by atoms with Crippen molar-refractivity contribution in [1.29, 1.82) is 0 Å². The molecule has 3 aromatic carbocycles. The SMILES string of the molecule is CCc1cc(Nc2ncc(Cl)c(Nc3ccccc3P(C)(C)=O)n2)c(OC)cc1N1CCC2(CC1)CC(N(C)CCCC#Cc1cccc3c1CN(C1CCC(=O)NC1=O)C3=O)C2. The van der Waals surface area contributed by atoms with Gasteiger partial charge in [0.15, 0.2) is 5.82 Å². The molecule has 1 unspecified atom stereocenters. The van der Waals surface area contributed by atoms with Crippen LogP contribution in [-0.4, -0.2) is 96.7 Å². The molecule has 330 valence electrons. The summed E-state index contributed by atoms with van der Waals surface area (Å²) in [5.41, 5.74) is 6.52. The van der Waals surface area contributed by atoms with Gasteiger partial charge in [0, 0.05) is 66.7 Å². The van der Waals surface area contributed by atoms with Gasteiger partial charge in [0.1, 0.15) is 24.0 Å². The van der Waals surface area contributed by atoms with Crippen LogP contribution < -0.4 is 30.9 Å². The van der Waals surface area contributed by atoms with E-state index in [2.05, 4.69) is 73.7 Å². The summed E-state index contributed by atoms with van der Waals surface area (Å²) < 4.78 is 18.9. The Morgan fingerprint density at radius 3 is 2.56 bits per heavy atom. The maximum Gasteiger partial charge on any atom is 0.255 e. The minimum atomic E-state index is -2.56. The van der Waals surface area contributed by atoms with E-state index in [1.165, 1.54) is 24.1 Å². The van der Waals surface area contributed by atoms with Crippen LogP contribution in [0.4, 0.5) is 28.8 Å². The highest BCUT2D eigenvalue weighted by Crippen LogP contribution is 2.52. The van der Waals surface area contributed by atoms with Gasteiger partial charge in [0.25, 0.3) is 5.91 Å². The fraction of sp³-hybridized carbons (Fsp3) is 0.438. The summed E-state index contributed by atoms with van der Waals surface area (Å²) in [6.45, 7) is 8.95. The van der Waals surface area contributed by atoms with Crippen LogP contribution >= 0.6 is 18.7 Å². The normalized spacial score (nSPS) is 18.5. The Kier molecular flexibility index (Phi) is 12.9. The molecule has 3 N–H and O–H groups in total. The quantitative estimate of drug-likeness (QED) is 0.0525. The average molecular weight is 891 g/mol. The first-order valence-corrected chi connectivity index (χ1v) is 24.9. The Bertz CT molecular complexity index is 2540. The number of nitrogens with one attached hydrogen (secondary N) is 3. The molecule has 1 atom stereocenters. The minimum Gasteiger partial charge on any atom is -0.494 e. The maximum absolute atomic E-state index is 13.2. The molecular weight excluding hydrogens is 835 g/mol. The van der Waals surface area contributed by atoms with Gasteiger partial charge in [-0.25, -0.2) is 4.98 Å². The second kappa shape index (κ2) is 18.4. The largest absolute Gasteiger partial charge is 0.494 e. The van der Waals surface area contributed by atoms with E-state index in [4.69, 9.17) is 16.3 Å². The number of benzene rings is 3. The zero-order valence-corrected chi connectivity index (χ0v) is 38.4. The van der Waals surface area contributed by atoms with E-state index in [1.807, 2.05) is 36.4 Å². The number of nitrogens with zero attached hydrogens (tertiary/aromatic N) is 5. The molecule has 2 saturated heterocycles. The predicted molar refractivity (Wildman–Crippen MR) is 250 cm³/mol. The molecule has 1 spiro atoms. The molecule has 1 saturated carbocycles. The molecule has 1 aromatic heterocycles. The Balaban J connectivity index is 0.828. The Labute approximate surface area is 375 Å². The first kappa shape index (κ1) is 44.2. The number of rotatable bonds is 13. The highest BCUT2D eigenvalue weighted by molar-refractivity contribution is 7.70. The summed E-state index contributed by atoms with van der Waals surface area (Å²) in [6, 6.07) is 17.3. The van der Waals surface area contributed by atoms with Gasteiger partial charge in [-0.1, -0.05) is 48.6 Å². The molecule has 0 radical (unpaired) electrons. The van der Waals surface area contributed by atoms with Crippen LogP contribution in [0, 0.1) is 17.3 Å². The molecule has 1 aliphatic carbocycles. The summed E-state index contributed by atoms with van der Waals surface area (Å²) in [5.74, 6) is 7.25. The number of unbranched alkanes of at least 4 members (excludes halogenated alkanes) is 1. The number of para-hydroxylation sites is 1. The van der Waals surface area contributed by atoms with Gasteiger partial charge < -0.3 is 34.6 Å². The van der Waals surface area contributed by atoms with Gasteiger partial charge in [0.2, 0.25) is 17.8 Å². The van der Waals surface area contributed by atoms with Gasteiger partial charge in [0.05, 0.1) is 24.7 Å². The van der Waals surface area contributed by atoms with E-state index in [0.717, 1.165) is 73.9 Å². The second-order valence-electron chi connectivity index (χ2n) is 17.7. The van der Waals surface area contributed by atoms with Crippen molar-refractivity contribution in [3.05, 3.63) is 88.1 Å². The highest BCUT2D eigenvalue weighted by atomic mass is 35.5. The number of aryl methyl sites for hydroxylation is 1. The lowest BCUT2D eigenvalue weighted by Crippen LogP contribution is -2.54. The molecular formula is C48H56ClN8O5P. The molecule has 3 amide bonds. The lowest BCUT2D eigenvalue weighted by molar-refractivity contribution is -0.136. The van der Waals surface area contributed by atoms with Crippen molar-refractivity contribution in [1.82, 2.24) is 25.1 Å². The zero-order valence-electron chi connectivity index (χ0n) is 36.7. The zero-order chi connectivity index (χ0) is 44.5. The molecule has 0 bridgehead atoms. The fourth-order valence-electron chi connectivity index (χ4n) is 9.61. The van der Waals surface area contributed by atoms with Crippen molar-refractivity contribution in [3.8, 4) is 17.6 Å². The van der Waals surface area contributed by atoms with Crippen molar-refractivity contribution in [2.45, 2.75) is 83.3 Å². The van der Waals surface area contributed by atoms with E-state index < -0.39 is 19.1 Å². The van der Waals surface area contributed by atoms with Gasteiger partial charge in [-0.3, -0.25) is 19.7 Å². The second-order valence-corrected chi connectivity index (χ2v) is 21.3. The number of halogens is 1. The number of methoxy groups -OCH3 is 1. The lowest BCUT2D eigenvalue weighted by Gasteiger charge is -2.55. The molecule has 3 aliphatic heterocycles. The number of ether oxygens (including phenoxy) is 1. The van der Waals surface area contributed by atoms with E-state index in [1.54, 1.807) is 37.6 Å². The topological polar surface area (TPSA) is 149 Å². The molecule has 3 fully saturated rings. The van der Waals surface area contributed by atoms with Crippen molar-refractivity contribution in [2.75, 3.05) is 62.7 Å². The number of amides is 3. The summed E-state index contributed by atoms with van der Waals surface area (Å²) in [5, 5.41) is 10.1. The predicted octanol–water partition coefficient (Wildman–Crippen LogP) is 7.71. The number of fused-ring (bicyclic) bond motifs is 1.